The number of halogens is 1. The maximum atomic E-state index is 12.7. The second kappa shape index (κ2) is 6.78. The number of nitrogens with zero attached hydrogens (tertiary/aromatic N) is 2. The number of likely N-dealkylation sites (N-methyl/N-ethyl adjacent to an activating group) is 1. The maximum Gasteiger partial charge on any atom is 0.254 e. The zero-order chi connectivity index (χ0) is 18.2. The zero-order valence-corrected chi connectivity index (χ0v) is 16.1. The number of rotatable bonds is 5. The van der Waals surface area contributed by atoms with Gasteiger partial charge in [0.05, 0.1) is 13.1 Å². The summed E-state index contributed by atoms with van der Waals surface area (Å²) in [6.45, 7) is 2.97. The van der Waals surface area contributed by atoms with E-state index in [4.69, 9.17) is 0 Å². The summed E-state index contributed by atoms with van der Waals surface area (Å²) in [4.78, 5) is 39.8. The van der Waals surface area contributed by atoms with Crippen LogP contribution >= 0.6 is 15.9 Å². The van der Waals surface area contributed by atoms with E-state index in [1.165, 1.54) is 0 Å². The van der Waals surface area contributed by atoms with Crippen LogP contribution in [0.15, 0.2) is 22.7 Å². The first-order chi connectivity index (χ1) is 11.9. The lowest BCUT2D eigenvalue weighted by Crippen LogP contribution is -2.49. The minimum atomic E-state index is -0.303. The standard InChI is InChI=1S/C18H22BrN3O3/c1-3-21(2)16(24)9-20-15(23)10-22-11-18(6-7-18)14-8-12(19)4-5-13(14)17(22)25/h4-5,8H,3,6-7,9-11H2,1-2H3,(H,20,23). The van der Waals surface area contributed by atoms with Gasteiger partial charge in [0.2, 0.25) is 11.8 Å². The van der Waals surface area contributed by atoms with Crippen LogP contribution < -0.4 is 5.32 Å². The lowest BCUT2D eigenvalue weighted by Gasteiger charge is -2.34. The van der Waals surface area contributed by atoms with Crippen LogP contribution in [0.4, 0.5) is 0 Å². The molecule has 3 amide bonds. The summed E-state index contributed by atoms with van der Waals surface area (Å²) >= 11 is 3.47. The lowest BCUT2D eigenvalue weighted by atomic mass is 9.86. The predicted octanol–water partition coefficient (Wildman–Crippen LogP) is 1.53. The van der Waals surface area contributed by atoms with Crippen molar-refractivity contribution in [1.82, 2.24) is 15.1 Å². The largest absolute Gasteiger partial charge is 0.345 e. The first-order valence-corrected chi connectivity index (χ1v) is 9.25. The van der Waals surface area contributed by atoms with E-state index in [0.29, 0.717) is 18.7 Å². The third kappa shape index (κ3) is 3.56. The molecule has 25 heavy (non-hydrogen) atoms. The van der Waals surface area contributed by atoms with E-state index in [9.17, 15) is 14.4 Å². The highest BCUT2D eigenvalue weighted by Crippen LogP contribution is 2.52. The van der Waals surface area contributed by atoms with Crippen LogP contribution in [0.2, 0.25) is 0 Å². The van der Waals surface area contributed by atoms with E-state index in [0.717, 1.165) is 22.9 Å². The monoisotopic (exact) mass is 407 g/mol. The van der Waals surface area contributed by atoms with Crippen molar-refractivity contribution < 1.29 is 14.4 Å². The van der Waals surface area contributed by atoms with Gasteiger partial charge in [-0.15, -0.1) is 0 Å². The van der Waals surface area contributed by atoms with E-state index in [1.54, 1.807) is 16.8 Å². The predicted molar refractivity (Wildman–Crippen MR) is 97.3 cm³/mol. The van der Waals surface area contributed by atoms with Crippen LogP contribution in [-0.2, 0) is 15.0 Å². The van der Waals surface area contributed by atoms with Crippen LogP contribution in [0.25, 0.3) is 0 Å². The van der Waals surface area contributed by atoms with Crippen LogP contribution in [0.3, 0.4) is 0 Å². The number of hydrogen-bond donors (Lipinski definition) is 1. The molecule has 1 saturated carbocycles. The Kier molecular flexibility index (Phi) is 4.86. The van der Waals surface area contributed by atoms with Crippen LogP contribution in [0.5, 0.6) is 0 Å². The summed E-state index contributed by atoms with van der Waals surface area (Å²) in [5.74, 6) is -0.565. The van der Waals surface area contributed by atoms with Crippen molar-refractivity contribution in [2.24, 2.45) is 0 Å². The number of amides is 3. The Balaban J connectivity index is 1.66. The highest BCUT2D eigenvalue weighted by atomic mass is 79.9. The first kappa shape index (κ1) is 17.9. The van der Waals surface area contributed by atoms with E-state index < -0.39 is 0 Å². The second-order valence-electron chi connectivity index (χ2n) is 6.82. The smallest absolute Gasteiger partial charge is 0.254 e. The van der Waals surface area contributed by atoms with Crippen molar-refractivity contribution in [2.75, 3.05) is 33.2 Å². The van der Waals surface area contributed by atoms with E-state index in [2.05, 4.69) is 21.2 Å². The molecule has 0 saturated heterocycles. The third-order valence-electron chi connectivity index (χ3n) is 5.09. The molecule has 0 bridgehead atoms. The van der Waals surface area contributed by atoms with Gasteiger partial charge in [0.25, 0.3) is 5.91 Å². The summed E-state index contributed by atoms with van der Waals surface area (Å²) in [5, 5.41) is 2.61. The number of benzene rings is 1. The van der Waals surface area contributed by atoms with E-state index in [-0.39, 0.29) is 36.2 Å². The van der Waals surface area contributed by atoms with Crippen molar-refractivity contribution in [3.05, 3.63) is 33.8 Å². The normalized spacial score (nSPS) is 17.2. The number of carbonyl (C=O) groups excluding carboxylic acids is 3. The maximum absolute atomic E-state index is 12.7. The second-order valence-corrected chi connectivity index (χ2v) is 7.73. The number of nitrogens with one attached hydrogen (secondary N) is 1. The Morgan fingerprint density at radius 3 is 2.72 bits per heavy atom. The molecule has 1 aromatic rings. The SMILES string of the molecule is CCN(C)C(=O)CNC(=O)CN1CC2(CC2)c2cc(Br)ccc2C1=O. The van der Waals surface area contributed by atoms with Gasteiger partial charge >= 0.3 is 0 Å². The Hall–Kier alpha value is -1.89. The van der Waals surface area contributed by atoms with Gasteiger partial charge in [-0.3, -0.25) is 14.4 Å². The summed E-state index contributed by atoms with van der Waals surface area (Å²) in [7, 11) is 1.69. The first-order valence-electron chi connectivity index (χ1n) is 8.46. The Morgan fingerprint density at radius 1 is 1.36 bits per heavy atom. The molecule has 0 unspecified atom stereocenters. The molecule has 1 aliphatic carbocycles. The minimum absolute atomic E-state index is 0.00838. The molecular formula is C18H22BrN3O3. The summed E-state index contributed by atoms with van der Waals surface area (Å²) in [6, 6.07) is 5.71. The van der Waals surface area contributed by atoms with Crippen molar-refractivity contribution in [3.63, 3.8) is 0 Å². The molecule has 1 spiro atoms. The molecule has 2 aliphatic rings. The fraction of sp³-hybridized carbons (Fsp3) is 0.500. The van der Waals surface area contributed by atoms with Crippen LogP contribution in [-0.4, -0.2) is 60.7 Å². The molecule has 6 nitrogen and oxygen atoms in total. The molecule has 1 aromatic carbocycles. The summed E-state index contributed by atoms with van der Waals surface area (Å²) in [5.41, 5.74) is 1.76. The van der Waals surface area contributed by atoms with Crippen LogP contribution in [0.1, 0.15) is 35.7 Å². The highest BCUT2D eigenvalue weighted by Gasteiger charge is 2.51. The van der Waals surface area contributed by atoms with Gasteiger partial charge in [-0.05, 0) is 43.5 Å². The average Bonchev–Trinajstić information content (AvgIpc) is 3.37. The van der Waals surface area contributed by atoms with Crippen molar-refractivity contribution in [1.29, 1.82) is 0 Å². The van der Waals surface area contributed by atoms with Crippen molar-refractivity contribution in [2.45, 2.75) is 25.2 Å². The molecule has 134 valence electrons. The fourth-order valence-corrected chi connectivity index (χ4v) is 3.62. The summed E-state index contributed by atoms with van der Waals surface area (Å²) < 4.78 is 0.968. The minimum Gasteiger partial charge on any atom is -0.345 e. The molecular weight excluding hydrogens is 386 g/mol. The molecule has 0 atom stereocenters. The summed E-state index contributed by atoms with van der Waals surface area (Å²) in [6.07, 6.45) is 2.06. The molecule has 0 aromatic heterocycles. The molecule has 0 radical (unpaired) electrons. The topological polar surface area (TPSA) is 69.7 Å². The Morgan fingerprint density at radius 2 is 2.08 bits per heavy atom. The quantitative estimate of drug-likeness (QED) is 0.804. The van der Waals surface area contributed by atoms with Gasteiger partial charge in [-0.2, -0.15) is 0 Å². The number of fused-ring (bicyclic) bond motifs is 2. The molecule has 3 rings (SSSR count). The number of hydrogen-bond acceptors (Lipinski definition) is 3. The van der Waals surface area contributed by atoms with Gasteiger partial charge in [0.1, 0.15) is 0 Å². The highest BCUT2D eigenvalue weighted by molar-refractivity contribution is 9.10. The molecule has 7 heteroatoms. The van der Waals surface area contributed by atoms with Gasteiger partial charge in [-0.1, -0.05) is 15.9 Å². The van der Waals surface area contributed by atoms with E-state index in [1.807, 2.05) is 25.1 Å². The average molecular weight is 408 g/mol. The lowest BCUT2D eigenvalue weighted by molar-refractivity contribution is -0.131. The van der Waals surface area contributed by atoms with Crippen molar-refractivity contribution in [3.8, 4) is 0 Å². The third-order valence-corrected chi connectivity index (χ3v) is 5.58. The zero-order valence-electron chi connectivity index (χ0n) is 14.5. The van der Waals surface area contributed by atoms with E-state index >= 15 is 0 Å². The molecule has 1 N–H and O–H groups in total. The number of carbonyl (C=O) groups is 3. The van der Waals surface area contributed by atoms with Crippen molar-refractivity contribution >= 4 is 33.7 Å². The Labute approximate surface area is 155 Å². The van der Waals surface area contributed by atoms with Gasteiger partial charge in [0, 0.05) is 35.6 Å². The van der Waals surface area contributed by atoms with Gasteiger partial charge in [-0.25, -0.2) is 0 Å². The fourth-order valence-electron chi connectivity index (χ4n) is 3.26. The van der Waals surface area contributed by atoms with Gasteiger partial charge < -0.3 is 15.1 Å². The van der Waals surface area contributed by atoms with Crippen LogP contribution in [0, 0.1) is 0 Å². The molecule has 1 aliphatic heterocycles. The molecule has 1 fully saturated rings. The Bertz CT molecular complexity index is 730. The molecule has 1 heterocycles. The van der Waals surface area contributed by atoms with Gasteiger partial charge in [0.15, 0.2) is 0 Å².